The molecule has 3 aromatic rings. The second-order valence-corrected chi connectivity index (χ2v) is 7.80. The number of hydrazone groups is 1. The van der Waals surface area contributed by atoms with E-state index in [0.29, 0.717) is 16.3 Å². The average molecular weight is 440 g/mol. The zero-order chi connectivity index (χ0) is 21.3. The first-order chi connectivity index (χ1) is 14.5. The van der Waals surface area contributed by atoms with Gasteiger partial charge in [-0.15, -0.1) is 11.8 Å². The molecule has 0 aromatic heterocycles. The lowest BCUT2D eigenvalue weighted by atomic mass is 10.1. The van der Waals surface area contributed by atoms with Gasteiger partial charge in [0.05, 0.1) is 17.6 Å². The first kappa shape index (κ1) is 21.5. The van der Waals surface area contributed by atoms with Crippen molar-refractivity contribution in [3.63, 3.8) is 0 Å². The highest BCUT2D eigenvalue weighted by molar-refractivity contribution is 7.98. The summed E-state index contributed by atoms with van der Waals surface area (Å²) in [5.41, 5.74) is 4.94. The second-order valence-electron chi connectivity index (χ2n) is 6.35. The van der Waals surface area contributed by atoms with E-state index in [1.54, 1.807) is 6.07 Å². The van der Waals surface area contributed by atoms with E-state index in [9.17, 15) is 14.9 Å². The number of halogens is 1. The fraction of sp³-hybridized carbons (Fsp3) is 0.0909. The molecule has 0 aliphatic heterocycles. The van der Waals surface area contributed by atoms with Crippen molar-refractivity contribution in [3.8, 4) is 0 Å². The van der Waals surface area contributed by atoms with Crippen LogP contribution in [0.2, 0.25) is 5.02 Å². The molecule has 0 atom stereocenters. The summed E-state index contributed by atoms with van der Waals surface area (Å²) in [6, 6.07) is 21.4. The molecule has 30 heavy (non-hydrogen) atoms. The van der Waals surface area contributed by atoms with Crippen LogP contribution in [0, 0.1) is 10.1 Å². The molecular weight excluding hydrogens is 422 g/mol. The summed E-state index contributed by atoms with van der Waals surface area (Å²) in [6.45, 7) is 0. The molecule has 152 valence electrons. The van der Waals surface area contributed by atoms with Gasteiger partial charge in [-0.1, -0.05) is 54.1 Å². The lowest BCUT2D eigenvalue weighted by Gasteiger charge is -2.06. The molecule has 0 bridgehead atoms. The quantitative estimate of drug-likeness (QED) is 0.225. The summed E-state index contributed by atoms with van der Waals surface area (Å²) in [7, 11) is 0. The molecule has 3 rings (SSSR count). The predicted molar refractivity (Wildman–Crippen MR) is 120 cm³/mol. The minimum atomic E-state index is -0.459. The summed E-state index contributed by atoms with van der Waals surface area (Å²) in [4.78, 5) is 23.5. The Balaban J connectivity index is 1.69. The van der Waals surface area contributed by atoms with E-state index >= 15 is 0 Å². The number of thioether (sulfide) groups is 1. The van der Waals surface area contributed by atoms with Crippen molar-refractivity contribution in [1.82, 2.24) is 5.43 Å². The molecule has 6 nitrogen and oxygen atoms in total. The maximum atomic E-state index is 12.1. The summed E-state index contributed by atoms with van der Waals surface area (Å²) < 4.78 is 0. The third-order valence-corrected chi connectivity index (χ3v) is 5.52. The van der Waals surface area contributed by atoms with Gasteiger partial charge in [0.15, 0.2) is 0 Å². The van der Waals surface area contributed by atoms with Crippen LogP contribution in [0.1, 0.15) is 16.7 Å². The highest BCUT2D eigenvalue weighted by Gasteiger charge is 2.11. The number of rotatable bonds is 8. The van der Waals surface area contributed by atoms with Crippen molar-refractivity contribution in [1.29, 1.82) is 0 Å². The largest absolute Gasteiger partial charge is 0.273 e. The molecule has 8 heteroatoms. The Morgan fingerprint density at radius 2 is 1.80 bits per heavy atom. The molecule has 0 unspecified atom stereocenters. The molecule has 0 spiro atoms. The van der Waals surface area contributed by atoms with Crippen LogP contribution in [-0.4, -0.2) is 17.0 Å². The number of benzene rings is 3. The SMILES string of the molecule is O=C(Cc1ccccc1)N/N=C\c1cc([N+](=O)[O-])ccc1SCc1ccc(Cl)cc1. The van der Waals surface area contributed by atoms with Crippen LogP contribution in [0.25, 0.3) is 0 Å². The Morgan fingerprint density at radius 3 is 2.50 bits per heavy atom. The maximum Gasteiger partial charge on any atom is 0.270 e. The van der Waals surface area contributed by atoms with E-state index in [2.05, 4.69) is 10.5 Å². The van der Waals surface area contributed by atoms with Gasteiger partial charge in [-0.2, -0.15) is 5.10 Å². The summed E-state index contributed by atoms with van der Waals surface area (Å²) >= 11 is 7.43. The molecule has 0 aliphatic carbocycles. The Kier molecular flexibility index (Phi) is 7.59. The fourth-order valence-corrected chi connectivity index (χ4v) is 3.70. The van der Waals surface area contributed by atoms with Gasteiger partial charge in [0.25, 0.3) is 5.69 Å². The van der Waals surface area contributed by atoms with Crippen molar-refractivity contribution in [2.75, 3.05) is 0 Å². The van der Waals surface area contributed by atoms with E-state index in [-0.39, 0.29) is 18.0 Å². The van der Waals surface area contributed by atoms with Crippen molar-refractivity contribution < 1.29 is 9.72 Å². The smallest absolute Gasteiger partial charge is 0.270 e. The number of amides is 1. The predicted octanol–water partition coefficient (Wildman–Crippen LogP) is 5.23. The van der Waals surface area contributed by atoms with Crippen molar-refractivity contribution in [2.45, 2.75) is 17.1 Å². The Labute approximate surface area is 183 Å². The molecule has 3 aromatic carbocycles. The number of nitro groups is 1. The zero-order valence-electron chi connectivity index (χ0n) is 15.8. The van der Waals surface area contributed by atoms with Crippen LogP contribution in [0.15, 0.2) is 82.8 Å². The van der Waals surface area contributed by atoms with Gasteiger partial charge in [-0.05, 0) is 29.3 Å². The maximum absolute atomic E-state index is 12.1. The van der Waals surface area contributed by atoms with Crippen LogP contribution >= 0.6 is 23.4 Å². The number of carbonyl (C=O) groups is 1. The lowest BCUT2D eigenvalue weighted by molar-refractivity contribution is -0.384. The van der Waals surface area contributed by atoms with Crippen LogP contribution in [-0.2, 0) is 17.0 Å². The van der Waals surface area contributed by atoms with Gasteiger partial charge in [-0.3, -0.25) is 14.9 Å². The molecule has 1 N–H and O–H groups in total. The molecule has 0 heterocycles. The molecule has 0 radical (unpaired) electrons. The fourth-order valence-electron chi connectivity index (χ4n) is 2.62. The van der Waals surface area contributed by atoms with E-state index in [0.717, 1.165) is 16.0 Å². The Hall–Kier alpha value is -3.16. The van der Waals surface area contributed by atoms with Crippen LogP contribution in [0.3, 0.4) is 0 Å². The Bertz CT molecular complexity index is 1060. The third-order valence-electron chi connectivity index (χ3n) is 4.11. The highest BCUT2D eigenvalue weighted by Crippen LogP contribution is 2.28. The first-order valence-corrected chi connectivity index (χ1v) is 10.4. The van der Waals surface area contributed by atoms with E-state index < -0.39 is 4.92 Å². The zero-order valence-corrected chi connectivity index (χ0v) is 17.4. The number of nitrogens with zero attached hydrogens (tertiary/aromatic N) is 2. The molecule has 0 aliphatic rings. The highest BCUT2D eigenvalue weighted by atomic mass is 35.5. The topological polar surface area (TPSA) is 84.6 Å². The lowest BCUT2D eigenvalue weighted by Crippen LogP contribution is -2.19. The standard InChI is InChI=1S/C22H18ClN3O3S/c23-19-8-6-17(7-9-19)15-30-21-11-10-20(26(28)29)13-18(21)14-24-25-22(27)12-16-4-2-1-3-5-16/h1-11,13-14H,12,15H2,(H,25,27)/b24-14-. The number of nitro benzene ring substituents is 1. The normalized spacial score (nSPS) is 10.8. The third kappa shape index (κ3) is 6.43. The number of hydrogen-bond donors (Lipinski definition) is 1. The number of hydrogen-bond acceptors (Lipinski definition) is 5. The number of carbonyl (C=O) groups excluding carboxylic acids is 1. The number of nitrogens with one attached hydrogen (secondary N) is 1. The van der Waals surface area contributed by atoms with E-state index in [1.807, 2.05) is 54.6 Å². The first-order valence-electron chi connectivity index (χ1n) is 9.03. The number of non-ortho nitro benzene ring substituents is 1. The van der Waals surface area contributed by atoms with Crippen molar-refractivity contribution in [2.24, 2.45) is 5.10 Å². The van der Waals surface area contributed by atoms with E-state index in [4.69, 9.17) is 11.6 Å². The molecule has 1 amide bonds. The van der Waals surface area contributed by atoms with E-state index in [1.165, 1.54) is 30.1 Å². The monoisotopic (exact) mass is 439 g/mol. The van der Waals surface area contributed by atoms with Crippen LogP contribution in [0.5, 0.6) is 0 Å². The summed E-state index contributed by atoms with van der Waals surface area (Å²) in [5, 5.41) is 15.8. The summed E-state index contributed by atoms with van der Waals surface area (Å²) in [5.74, 6) is 0.397. The van der Waals surface area contributed by atoms with Gasteiger partial charge in [0.1, 0.15) is 0 Å². The molecular formula is C22H18ClN3O3S. The Morgan fingerprint density at radius 1 is 1.07 bits per heavy atom. The van der Waals surface area contributed by atoms with Gasteiger partial charge >= 0.3 is 0 Å². The van der Waals surface area contributed by atoms with Gasteiger partial charge in [0.2, 0.25) is 5.91 Å². The average Bonchev–Trinajstić information content (AvgIpc) is 2.74. The minimum absolute atomic E-state index is 0.0390. The van der Waals surface area contributed by atoms with Crippen LogP contribution in [0.4, 0.5) is 5.69 Å². The van der Waals surface area contributed by atoms with Gasteiger partial charge in [0, 0.05) is 33.4 Å². The minimum Gasteiger partial charge on any atom is -0.273 e. The molecule has 0 saturated heterocycles. The second kappa shape index (κ2) is 10.6. The molecule has 0 fully saturated rings. The van der Waals surface area contributed by atoms with Gasteiger partial charge < -0.3 is 0 Å². The van der Waals surface area contributed by atoms with Crippen molar-refractivity contribution in [3.05, 3.63) is 105 Å². The van der Waals surface area contributed by atoms with Gasteiger partial charge in [-0.25, -0.2) is 5.43 Å². The van der Waals surface area contributed by atoms with Crippen LogP contribution < -0.4 is 5.43 Å². The summed E-state index contributed by atoms with van der Waals surface area (Å²) in [6.07, 6.45) is 1.63. The van der Waals surface area contributed by atoms with Crippen molar-refractivity contribution >= 4 is 41.2 Å². The molecule has 0 saturated carbocycles.